The first-order chi connectivity index (χ1) is 20.6. The van der Waals surface area contributed by atoms with Crippen molar-refractivity contribution in [1.29, 1.82) is 0 Å². The second-order valence-electron chi connectivity index (χ2n) is 10.3. The summed E-state index contributed by atoms with van der Waals surface area (Å²) in [6.45, 7) is 5.50. The van der Waals surface area contributed by atoms with Crippen LogP contribution >= 0.6 is 11.6 Å². The van der Waals surface area contributed by atoms with Gasteiger partial charge in [-0.3, -0.25) is 13.9 Å². The molecule has 0 saturated heterocycles. The van der Waals surface area contributed by atoms with Gasteiger partial charge in [-0.2, -0.15) is 0 Å². The summed E-state index contributed by atoms with van der Waals surface area (Å²) >= 11 is 6.21. The van der Waals surface area contributed by atoms with Gasteiger partial charge >= 0.3 is 0 Å². The van der Waals surface area contributed by atoms with E-state index in [-0.39, 0.29) is 23.8 Å². The first-order valence-corrected chi connectivity index (χ1v) is 15.9. The molecule has 0 fully saturated rings. The number of hydrogen-bond acceptors (Lipinski definition) is 4. The number of benzene rings is 4. The van der Waals surface area contributed by atoms with Crippen LogP contribution in [0.2, 0.25) is 5.02 Å². The number of nitrogens with zero attached hydrogens (tertiary/aromatic N) is 2. The Balaban J connectivity index is 1.82. The summed E-state index contributed by atoms with van der Waals surface area (Å²) in [5.74, 6) is -0.822. The predicted octanol–water partition coefficient (Wildman–Crippen LogP) is 5.93. The molecule has 2 amide bonds. The number of halogens is 1. The molecular weight excluding hydrogens is 582 g/mol. The smallest absolute Gasteiger partial charge is 0.264 e. The monoisotopic (exact) mass is 617 g/mol. The van der Waals surface area contributed by atoms with Crippen LogP contribution in [-0.4, -0.2) is 44.3 Å². The van der Waals surface area contributed by atoms with Crippen molar-refractivity contribution in [2.24, 2.45) is 0 Å². The summed E-state index contributed by atoms with van der Waals surface area (Å²) in [5.41, 5.74) is 3.61. The van der Waals surface area contributed by atoms with E-state index in [4.69, 9.17) is 11.6 Å². The summed E-state index contributed by atoms with van der Waals surface area (Å²) < 4.78 is 29.3. The Morgan fingerprint density at radius 1 is 0.837 bits per heavy atom. The quantitative estimate of drug-likeness (QED) is 0.214. The Labute approximate surface area is 259 Å². The summed E-state index contributed by atoms with van der Waals surface area (Å²) in [6.07, 6.45) is 0.260. The van der Waals surface area contributed by atoms with E-state index in [1.807, 2.05) is 68.4 Å². The zero-order valence-corrected chi connectivity index (χ0v) is 26.1. The number of sulfonamides is 1. The van der Waals surface area contributed by atoms with E-state index < -0.39 is 28.5 Å². The van der Waals surface area contributed by atoms with Gasteiger partial charge in [-0.1, -0.05) is 84.4 Å². The Morgan fingerprint density at radius 2 is 1.47 bits per heavy atom. The highest BCUT2D eigenvalue weighted by molar-refractivity contribution is 7.92. The van der Waals surface area contributed by atoms with Crippen LogP contribution in [0.4, 0.5) is 5.69 Å². The van der Waals surface area contributed by atoms with Crippen LogP contribution in [0.25, 0.3) is 0 Å². The van der Waals surface area contributed by atoms with Gasteiger partial charge < -0.3 is 10.2 Å². The third-order valence-corrected chi connectivity index (χ3v) is 9.27. The van der Waals surface area contributed by atoms with Crippen molar-refractivity contribution in [1.82, 2.24) is 10.2 Å². The lowest BCUT2D eigenvalue weighted by Crippen LogP contribution is -2.53. The van der Waals surface area contributed by atoms with Gasteiger partial charge in [-0.25, -0.2) is 8.42 Å². The average molecular weight is 618 g/mol. The Hall–Kier alpha value is -4.14. The van der Waals surface area contributed by atoms with Gasteiger partial charge in [0.25, 0.3) is 10.0 Å². The van der Waals surface area contributed by atoms with E-state index in [0.717, 1.165) is 21.0 Å². The van der Waals surface area contributed by atoms with E-state index in [0.29, 0.717) is 22.8 Å². The number of anilines is 1. The molecule has 0 spiro atoms. The molecule has 0 aliphatic heterocycles. The van der Waals surface area contributed by atoms with E-state index in [1.54, 1.807) is 43.3 Å². The number of nitrogens with one attached hydrogen (secondary N) is 1. The van der Waals surface area contributed by atoms with Crippen molar-refractivity contribution in [3.63, 3.8) is 0 Å². The van der Waals surface area contributed by atoms with Crippen LogP contribution in [0, 0.1) is 13.8 Å². The van der Waals surface area contributed by atoms with Gasteiger partial charge in [0.05, 0.1) is 10.6 Å². The second kappa shape index (κ2) is 14.4. The van der Waals surface area contributed by atoms with Crippen LogP contribution < -0.4 is 9.62 Å². The average Bonchev–Trinajstić information content (AvgIpc) is 3.00. The molecule has 4 aromatic carbocycles. The zero-order chi connectivity index (χ0) is 31.0. The summed E-state index contributed by atoms with van der Waals surface area (Å²) in [6, 6.07) is 29.1. The number of rotatable bonds is 12. The minimum absolute atomic E-state index is 0.0483. The first kappa shape index (κ1) is 31.8. The summed E-state index contributed by atoms with van der Waals surface area (Å²) in [4.78, 5) is 29.6. The molecule has 0 radical (unpaired) electrons. The largest absolute Gasteiger partial charge is 0.355 e. The molecule has 43 heavy (non-hydrogen) atoms. The molecule has 0 heterocycles. The molecule has 0 aliphatic carbocycles. The fraction of sp³-hybridized carbons (Fsp3) is 0.235. The zero-order valence-electron chi connectivity index (χ0n) is 24.5. The topological polar surface area (TPSA) is 86.8 Å². The van der Waals surface area contributed by atoms with Gasteiger partial charge in [-0.05, 0) is 73.4 Å². The molecule has 4 rings (SSSR count). The van der Waals surface area contributed by atoms with E-state index in [9.17, 15) is 18.0 Å². The van der Waals surface area contributed by atoms with Crippen molar-refractivity contribution in [2.45, 2.75) is 44.7 Å². The molecule has 0 aromatic heterocycles. The molecule has 1 unspecified atom stereocenters. The molecule has 7 nitrogen and oxygen atoms in total. The van der Waals surface area contributed by atoms with Gasteiger partial charge in [0.1, 0.15) is 12.6 Å². The van der Waals surface area contributed by atoms with Crippen LogP contribution in [0.5, 0.6) is 0 Å². The van der Waals surface area contributed by atoms with Crippen LogP contribution in [0.1, 0.15) is 29.2 Å². The van der Waals surface area contributed by atoms with Crippen molar-refractivity contribution >= 4 is 39.1 Å². The Morgan fingerprint density at radius 3 is 2.09 bits per heavy atom. The van der Waals surface area contributed by atoms with E-state index in [2.05, 4.69) is 5.32 Å². The molecule has 1 N–H and O–H groups in total. The fourth-order valence-electron chi connectivity index (χ4n) is 4.95. The number of carbonyl (C=O) groups is 2. The van der Waals surface area contributed by atoms with E-state index >= 15 is 0 Å². The van der Waals surface area contributed by atoms with Crippen molar-refractivity contribution in [2.75, 3.05) is 17.4 Å². The summed E-state index contributed by atoms with van der Waals surface area (Å²) in [7, 11) is -4.17. The molecule has 1 atom stereocenters. The minimum Gasteiger partial charge on any atom is -0.355 e. The Bertz CT molecular complexity index is 1660. The maximum Gasteiger partial charge on any atom is 0.264 e. The molecule has 224 valence electrons. The van der Waals surface area contributed by atoms with Gasteiger partial charge in [-0.15, -0.1) is 0 Å². The number of carbonyl (C=O) groups excluding carboxylic acids is 2. The lowest BCUT2D eigenvalue weighted by Gasteiger charge is -2.34. The minimum atomic E-state index is -4.17. The van der Waals surface area contributed by atoms with E-state index in [1.165, 1.54) is 17.0 Å². The lowest BCUT2D eigenvalue weighted by atomic mass is 10.0. The molecule has 0 bridgehead atoms. The SMILES string of the molecule is CCNC(=O)C(Cc1ccccc1)N(Cc1ccccc1C)C(=O)CN(c1ccc(Cl)cc1C)S(=O)(=O)c1ccccc1. The second-order valence-corrected chi connectivity index (χ2v) is 12.6. The van der Waals surface area contributed by atoms with Crippen molar-refractivity contribution < 1.29 is 18.0 Å². The predicted molar refractivity (Wildman–Crippen MR) is 172 cm³/mol. The van der Waals surface area contributed by atoms with Crippen molar-refractivity contribution in [3.8, 4) is 0 Å². The maximum atomic E-state index is 14.5. The maximum absolute atomic E-state index is 14.5. The van der Waals surface area contributed by atoms with Crippen LogP contribution in [0.3, 0.4) is 0 Å². The Kier molecular flexibility index (Phi) is 10.6. The highest BCUT2D eigenvalue weighted by Gasteiger charge is 2.35. The van der Waals surface area contributed by atoms with Gasteiger partial charge in [0, 0.05) is 24.5 Å². The molecule has 9 heteroatoms. The number of aryl methyl sites for hydroxylation is 2. The third-order valence-electron chi connectivity index (χ3n) is 7.26. The molecule has 0 saturated carbocycles. The highest BCUT2D eigenvalue weighted by atomic mass is 35.5. The molecule has 4 aromatic rings. The fourth-order valence-corrected chi connectivity index (χ4v) is 6.68. The van der Waals surface area contributed by atoms with Crippen molar-refractivity contribution in [3.05, 3.63) is 130 Å². The lowest BCUT2D eigenvalue weighted by molar-refractivity contribution is -0.140. The normalized spacial score (nSPS) is 11.9. The number of hydrogen-bond donors (Lipinski definition) is 1. The number of likely N-dealkylation sites (N-methyl/N-ethyl adjacent to an activating group) is 1. The van der Waals surface area contributed by atoms with Gasteiger partial charge in [0.15, 0.2) is 0 Å². The number of amides is 2. The highest BCUT2D eigenvalue weighted by Crippen LogP contribution is 2.29. The molecular formula is C34H36ClN3O4S. The molecule has 0 aliphatic rings. The summed E-state index contributed by atoms with van der Waals surface area (Å²) in [5, 5.41) is 3.33. The van der Waals surface area contributed by atoms with Gasteiger partial charge in [0.2, 0.25) is 11.8 Å². The standard InChI is InChI=1S/C34H36ClN3O4S/c1-4-36-34(40)32(22-27-14-7-5-8-15-27)37(23-28-16-12-11-13-25(28)2)33(39)24-38(31-20-19-29(35)21-26(31)3)43(41,42)30-17-9-6-10-18-30/h5-21,32H,4,22-24H2,1-3H3,(H,36,40). The van der Waals surface area contributed by atoms with Crippen LogP contribution in [0.15, 0.2) is 108 Å². The third kappa shape index (κ3) is 7.83. The van der Waals surface area contributed by atoms with Crippen LogP contribution in [-0.2, 0) is 32.6 Å². The first-order valence-electron chi connectivity index (χ1n) is 14.1.